The molecule has 7 heteroatoms. The zero-order chi connectivity index (χ0) is 15.4. The van der Waals surface area contributed by atoms with Gasteiger partial charge < -0.3 is 4.74 Å². The zero-order valence-corrected chi connectivity index (χ0v) is 11.7. The molecule has 0 spiro atoms. The van der Waals surface area contributed by atoms with E-state index >= 15 is 0 Å². The van der Waals surface area contributed by atoms with Gasteiger partial charge in [-0.3, -0.25) is 9.89 Å². The highest BCUT2D eigenvalue weighted by Crippen LogP contribution is 2.21. The Balaban J connectivity index is 1.84. The predicted molar refractivity (Wildman–Crippen MR) is 79.8 cm³/mol. The van der Waals surface area contributed by atoms with E-state index in [1.807, 2.05) is 36.4 Å². The zero-order valence-electron chi connectivity index (χ0n) is 11.7. The topological polar surface area (TPSA) is 92.1 Å². The average Bonchev–Trinajstić information content (AvgIpc) is 3.18. The number of hydrogen-bond acceptors (Lipinski definition) is 5. The first-order valence-corrected chi connectivity index (χ1v) is 7.06. The number of carbonyl (C=O) groups excluding carboxylic acids is 1. The SMILES string of the molecule is O=C1N=c2ccccc2=C/C1=c1\[nH]nc2c1=CC1=CN=NC1O2. The second-order valence-corrected chi connectivity index (χ2v) is 5.33. The summed E-state index contributed by atoms with van der Waals surface area (Å²) in [5.74, 6) is 0.107. The molecule has 1 unspecified atom stereocenters. The van der Waals surface area contributed by atoms with E-state index in [4.69, 9.17) is 4.74 Å². The lowest BCUT2D eigenvalue weighted by Gasteiger charge is -2.12. The largest absolute Gasteiger partial charge is 0.444 e. The molecule has 1 amide bonds. The van der Waals surface area contributed by atoms with Crippen LogP contribution in [0.5, 0.6) is 5.88 Å². The number of rotatable bonds is 0. The Morgan fingerprint density at radius 2 is 2.09 bits per heavy atom. The molecule has 0 aliphatic carbocycles. The summed E-state index contributed by atoms with van der Waals surface area (Å²) in [5, 5.41) is 17.7. The Bertz CT molecular complexity index is 1170. The van der Waals surface area contributed by atoms with Crippen molar-refractivity contribution < 1.29 is 9.53 Å². The van der Waals surface area contributed by atoms with Crippen molar-refractivity contribution in [3.8, 4) is 5.88 Å². The van der Waals surface area contributed by atoms with E-state index in [0.717, 1.165) is 10.8 Å². The number of amides is 1. The second kappa shape index (κ2) is 4.33. The molecular weight excluding hydrogens is 294 g/mol. The number of azo groups is 1. The number of aromatic nitrogens is 2. The van der Waals surface area contributed by atoms with Crippen LogP contribution in [0, 0.1) is 0 Å². The maximum atomic E-state index is 12.4. The number of nitrogens with zero attached hydrogens (tertiary/aromatic N) is 4. The molecule has 110 valence electrons. The Labute approximate surface area is 128 Å². The molecule has 0 saturated carbocycles. The van der Waals surface area contributed by atoms with Crippen LogP contribution < -0.4 is 25.9 Å². The van der Waals surface area contributed by atoms with Crippen LogP contribution in [0.25, 0.3) is 17.7 Å². The van der Waals surface area contributed by atoms with Gasteiger partial charge in [0.05, 0.1) is 27.7 Å². The van der Waals surface area contributed by atoms with Gasteiger partial charge in [-0.05, 0) is 18.2 Å². The summed E-state index contributed by atoms with van der Waals surface area (Å²) in [5.41, 5.74) is 1.30. The standard InChI is InChI=1S/C16H9N5O2/c22-14-10(5-8-3-1-2-4-12(8)18-14)13-11-6-9-7-17-20-15(9)23-16(11)21-19-13/h1-7,15,19H/b13-10+. The van der Waals surface area contributed by atoms with E-state index in [2.05, 4.69) is 25.4 Å². The van der Waals surface area contributed by atoms with Crippen molar-refractivity contribution in [1.82, 2.24) is 10.2 Å². The summed E-state index contributed by atoms with van der Waals surface area (Å²) in [7, 11) is 0. The molecule has 0 saturated heterocycles. The number of H-pyrrole nitrogens is 1. The first kappa shape index (κ1) is 12.2. The van der Waals surface area contributed by atoms with Crippen LogP contribution in [0.3, 0.4) is 0 Å². The van der Waals surface area contributed by atoms with Crippen LogP contribution in [0.2, 0.25) is 0 Å². The quantitative estimate of drug-likeness (QED) is 0.680. The summed E-state index contributed by atoms with van der Waals surface area (Å²) in [6.45, 7) is 0. The first-order valence-electron chi connectivity index (χ1n) is 7.06. The molecule has 23 heavy (non-hydrogen) atoms. The number of carbonyl (C=O) groups is 1. The minimum atomic E-state index is -0.444. The summed E-state index contributed by atoms with van der Waals surface area (Å²) < 4.78 is 5.66. The first-order chi connectivity index (χ1) is 11.3. The maximum absolute atomic E-state index is 12.4. The molecule has 0 radical (unpaired) electrons. The van der Waals surface area contributed by atoms with Gasteiger partial charge in [0.2, 0.25) is 12.1 Å². The smallest absolute Gasteiger partial charge is 0.279 e. The Morgan fingerprint density at radius 1 is 1.17 bits per heavy atom. The van der Waals surface area contributed by atoms with Gasteiger partial charge in [-0.1, -0.05) is 18.2 Å². The van der Waals surface area contributed by atoms with Crippen LogP contribution in [0.15, 0.2) is 51.3 Å². The van der Waals surface area contributed by atoms with Crippen molar-refractivity contribution >= 4 is 23.6 Å². The molecule has 1 aromatic heterocycles. The third-order valence-electron chi connectivity index (χ3n) is 3.93. The average molecular weight is 303 g/mol. The van der Waals surface area contributed by atoms with Crippen LogP contribution in [0.4, 0.5) is 0 Å². The normalized spacial score (nSPS) is 22.7. The molecule has 1 N–H and O–H groups in total. The van der Waals surface area contributed by atoms with Crippen molar-refractivity contribution in [2.24, 2.45) is 15.2 Å². The molecule has 2 aromatic rings. The number of para-hydroxylation sites is 1. The summed E-state index contributed by atoms with van der Waals surface area (Å²) in [6.07, 6.45) is 4.90. The molecular formula is C16H9N5O2. The highest BCUT2D eigenvalue weighted by molar-refractivity contribution is 6.24. The second-order valence-electron chi connectivity index (χ2n) is 5.33. The van der Waals surface area contributed by atoms with Crippen molar-refractivity contribution in [3.63, 3.8) is 0 Å². The summed E-state index contributed by atoms with van der Waals surface area (Å²) in [4.78, 5) is 16.5. The molecule has 5 rings (SSSR count). The Morgan fingerprint density at radius 3 is 3.04 bits per heavy atom. The number of fused-ring (bicyclic) bond motifs is 3. The monoisotopic (exact) mass is 303 g/mol. The van der Waals surface area contributed by atoms with Crippen molar-refractivity contribution in [1.29, 1.82) is 0 Å². The Kier molecular flexibility index (Phi) is 2.30. The molecule has 3 aliphatic rings. The number of hydrogen-bond donors (Lipinski definition) is 1. The van der Waals surface area contributed by atoms with E-state index in [1.54, 1.807) is 6.20 Å². The van der Waals surface area contributed by atoms with E-state index in [9.17, 15) is 4.79 Å². The molecule has 0 bridgehead atoms. The third-order valence-corrected chi connectivity index (χ3v) is 3.93. The molecule has 0 fully saturated rings. The van der Waals surface area contributed by atoms with Gasteiger partial charge in [0.1, 0.15) is 0 Å². The van der Waals surface area contributed by atoms with Gasteiger partial charge >= 0.3 is 0 Å². The van der Waals surface area contributed by atoms with Gasteiger partial charge in [0.25, 0.3) is 5.91 Å². The van der Waals surface area contributed by atoms with Crippen molar-refractivity contribution in [2.75, 3.05) is 0 Å². The maximum Gasteiger partial charge on any atom is 0.279 e. The van der Waals surface area contributed by atoms with Gasteiger partial charge in [-0.2, -0.15) is 5.11 Å². The number of aromatic amines is 1. The Hall–Kier alpha value is -3.35. The number of nitrogens with one attached hydrogen (secondary N) is 1. The van der Waals surface area contributed by atoms with Gasteiger partial charge in [-0.25, -0.2) is 4.99 Å². The van der Waals surface area contributed by atoms with Crippen LogP contribution in [-0.2, 0) is 4.79 Å². The van der Waals surface area contributed by atoms with Gasteiger partial charge in [-0.15, -0.1) is 10.2 Å². The van der Waals surface area contributed by atoms with E-state index in [-0.39, 0.29) is 5.91 Å². The lowest BCUT2D eigenvalue weighted by atomic mass is 10.1. The molecule has 3 aliphatic heterocycles. The number of ether oxygens (including phenoxy) is 1. The highest BCUT2D eigenvalue weighted by atomic mass is 16.5. The predicted octanol–water partition coefficient (Wildman–Crippen LogP) is -0.950. The van der Waals surface area contributed by atoms with E-state index < -0.39 is 6.23 Å². The summed E-state index contributed by atoms with van der Waals surface area (Å²) >= 11 is 0. The fraction of sp³-hybridized carbons (Fsp3) is 0.0625. The molecule has 4 heterocycles. The highest BCUT2D eigenvalue weighted by Gasteiger charge is 2.25. The molecule has 1 atom stereocenters. The van der Waals surface area contributed by atoms with Crippen LogP contribution in [-0.4, -0.2) is 22.3 Å². The van der Waals surface area contributed by atoms with Crippen LogP contribution >= 0.6 is 0 Å². The lowest BCUT2D eigenvalue weighted by Crippen LogP contribution is -2.37. The van der Waals surface area contributed by atoms with Crippen LogP contribution in [0.1, 0.15) is 0 Å². The number of benzene rings is 1. The fourth-order valence-electron chi connectivity index (χ4n) is 2.80. The van der Waals surface area contributed by atoms with Crippen molar-refractivity contribution in [2.45, 2.75) is 6.23 Å². The third kappa shape index (κ3) is 1.73. The lowest BCUT2D eigenvalue weighted by molar-refractivity contribution is -0.112. The van der Waals surface area contributed by atoms with Gasteiger partial charge in [0, 0.05) is 10.8 Å². The molecule has 7 nitrogen and oxygen atoms in total. The van der Waals surface area contributed by atoms with Gasteiger partial charge in [0.15, 0.2) is 0 Å². The van der Waals surface area contributed by atoms with E-state index in [1.165, 1.54) is 0 Å². The minimum absolute atomic E-state index is 0.305. The molecule has 1 aromatic carbocycles. The van der Waals surface area contributed by atoms with Crippen molar-refractivity contribution in [3.05, 3.63) is 57.2 Å². The van der Waals surface area contributed by atoms with E-state index in [0.29, 0.717) is 27.4 Å². The minimum Gasteiger partial charge on any atom is -0.444 e. The summed E-state index contributed by atoms with van der Waals surface area (Å²) in [6, 6.07) is 7.50. The fourth-order valence-corrected chi connectivity index (χ4v) is 2.80.